The number of imidazole rings is 1. The molecule has 0 radical (unpaired) electrons. The van der Waals surface area contributed by atoms with Crippen molar-refractivity contribution in [3.05, 3.63) is 35.4 Å². The Morgan fingerprint density at radius 1 is 1.09 bits per heavy atom. The normalized spacial score (nSPS) is 24.1. The van der Waals surface area contributed by atoms with E-state index in [1.54, 1.807) is 12.5 Å². The quantitative estimate of drug-likeness (QED) is 0.221. The molecule has 0 saturated carbocycles. The Bertz CT molecular complexity index is 1640. The van der Waals surface area contributed by atoms with Crippen LogP contribution >= 0.6 is 11.6 Å². The van der Waals surface area contributed by atoms with Gasteiger partial charge in [0.05, 0.1) is 30.5 Å². The van der Waals surface area contributed by atoms with Gasteiger partial charge in [-0.3, -0.25) is 8.78 Å². The van der Waals surface area contributed by atoms with E-state index in [4.69, 9.17) is 40.5 Å². The molecule has 46 heavy (non-hydrogen) atoms. The number of piperidine rings is 1. The number of nitrogens with zero attached hydrogens (tertiary/aromatic N) is 5. The fourth-order valence-electron chi connectivity index (χ4n) is 6.12. The third kappa shape index (κ3) is 7.88. The summed E-state index contributed by atoms with van der Waals surface area (Å²) in [6.07, 6.45) is 3.60. The van der Waals surface area contributed by atoms with Gasteiger partial charge >= 0.3 is 6.01 Å². The van der Waals surface area contributed by atoms with Crippen molar-refractivity contribution >= 4 is 46.3 Å². The molecule has 0 amide bonds. The van der Waals surface area contributed by atoms with Crippen molar-refractivity contribution in [1.29, 1.82) is 0 Å². The molecule has 0 unspecified atom stereocenters. The first-order valence-corrected chi connectivity index (χ1v) is 22.5. The largest absolute Gasteiger partial charge is 0.456 e. The van der Waals surface area contributed by atoms with Gasteiger partial charge in [0, 0.05) is 61.3 Å². The summed E-state index contributed by atoms with van der Waals surface area (Å²) in [5, 5.41) is 10.7. The van der Waals surface area contributed by atoms with Crippen molar-refractivity contribution in [1.82, 2.24) is 14.5 Å². The molecule has 5 heterocycles. The average molecular weight is 692 g/mol. The third-order valence-corrected chi connectivity index (χ3v) is 11.6. The van der Waals surface area contributed by atoms with Crippen molar-refractivity contribution in [3.8, 4) is 17.3 Å². The minimum Gasteiger partial charge on any atom is -0.456 e. The number of fused-ring (bicyclic) bond motifs is 2. The number of aromatic nitrogens is 3. The second-order valence-electron chi connectivity index (χ2n) is 14.1. The minimum absolute atomic E-state index is 0.223. The van der Waals surface area contributed by atoms with Crippen molar-refractivity contribution in [3.63, 3.8) is 0 Å². The summed E-state index contributed by atoms with van der Waals surface area (Å²) in [5.74, 6) is 0.476. The molecule has 252 valence electrons. The summed E-state index contributed by atoms with van der Waals surface area (Å²) < 4.78 is 42.3. The maximum absolute atomic E-state index is 12.0. The highest BCUT2D eigenvalue weighted by Crippen LogP contribution is 2.35. The molecule has 3 aromatic rings. The number of ether oxygens (including phenoxy) is 4. The van der Waals surface area contributed by atoms with Crippen LogP contribution < -0.4 is 9.64 Å². The van der Waals surface area contributed by atoms with Crippen molar-refractivity contribution < 1.29 is 28.3 Å². The van der Waals surface area contributed by atoms with E-state index in [-0.39, 0.29) is 19.4 Å². The van der Waals surface area contributed by atoms with Crippen molar-refractivity contribution in [2.75, 3.05) is 56.9 Å². The van der Waals surface area contributed by atoms with Gasteiger partial charge in [0.1, 0.15) is 30.6 Å². The first-order chi connectivity index (χ1) is 21.8. The molecule has 3 saturated heterocycles. The van der Waals surface area contributed by atoms with Crippen LogP contribution in [0.4, 0.5) is 5.69 Å². The summed E-state index contributed by atoms with van der Waals surface area (Å²) >= 11 is 6.82. The zero-order valence-corrected chi connectivity index (χ0v) is 29.9. The molecule has 6 rings (SSSR count). The molecule has 0 aliphatic carbocycles. The molecule has 2 aromatic heterocycles. The Kier molecular flexibility index (Phi) is 10.0. The third-order valence-electron chi connectivity index (χ3n) is 8.86. The number of anilines is 1. The van der Waals surface area contributed by atoms with Gasteiger partial charge in [0.15, 0.2) is 11.8 Å². The minimum atomic E-state index is -2.05. The molecule has 0 bridgehead atoms. The fourth-order valence-corrected chi connectivity index (χ4v) is 7.70. The van der Waals surface area contributed by atoms with Crippen LogP contribution in [0.1, 0.15) is 12.8 Å². The first kappa shape index (κ1) is 33.6. The van der Waals surface area contributed by atoms with Gasteiger partial charge in [-0.2, -0.15) is 4.98 Å². The molecule has 3 fully saturated rings. The number of hydrogen-bond donors (Lipinski definition) is 1. The number of hydrogen-bond acceptors (Lipinski definition) is 10. The van der Waals surface area contributed by atoms with E-state index < -0.39 is 36.1 Å². The van der Waals surface area contributed by atoms with Crippen LogP contribution in [-0.4, -0.2) is 108 Å². The molecule has 1 N–H and O–H groups in total. The van der Waals surface area contributed by atoms with Gasteiger partial charge < -0.3 is 29.0 Å². The Labute approximate surface area is 277 Å². The molecule has 3 aliphatic rings. The standard InChI is InChI=1S/C32H46ClN5O6SSi/c1-45(2,40)34-17-21-10-12-37(13-11-21)23-8-6-22(7-9-23)28-24(33)16-25-31(36-28)38(20-41-14-15-46(3,4)5)32(35-25)44-27-19-43-29-26(39)18-42-30(27)29/h6-9,16,21,26-27,29-30,39H,10-15,17-20H2,1-5H3/t26-,27-,29-,30-/m1/s1. The first-order valence-electron chi connectivity index (χ1n) is 16.1. The lowest BCUT2D eigenvalue weighted by atomic mass is 9.96. The van der Waals surface area contributed by atoms with Gasteiger partial charge in [-0.15, -0.1) is 0 Å². The summed E-state index contributed by atoms with van der Waals surface area (Å²) in [4.78, 5) is 12.1. The van der Waals surface area contributed by atoms with Crippen LogP contribution in [0.15, 0.2) is 34.7 Å². The molecular formula is C32H46ClN5O6SSi. The zero-order valence-electron chi connectivity index (χ0n) is 27.4. The Morgan fingerprint density at radius 3 is 2.50 bits per heavy atom. The molecule has 4 atom stereocenters. The summed E-state index contributed by atoms with van der Waals surface area (Å²) in [6.45, 7) is 10.9. The number of benzene rings is 1. The van der Waals surface area contributed by atoms with Crippen LogP contribution in [0.2, 0.25) is 30.7 Å². The summed E-state index contributed by atoms with van der Waals surface area (Å²) in [7, 11) is -3.33. The van der Waals surface area contributed by atoms with Crippen LogP contribution in [0, 0.1) is 5.92 Å². The van der Waals surface area contributed by atoms with E-state index in [1.807, 2.05) is 10.6 Å². The van der Waals surface area contributed by atoms with Gasteiger partial charge in [-0.05, 0) is 43.0 Å². The monoisotopic (exact) mass is 691 g/mol. The van der Waals surface area contributed by atoms with E-state index in [9.17, 15) is 9.32 Å². The Hall–Kier alpha value is -2.26. The maximum Gasteiger partial charge on any atom is 0.301 e. The Balaban J connectivity index is 1.22. The lowest BCUT2D eigenvalue weighted by molar-refractivity contribution is 0.00336. The molecule has 3 aliphatic heterocycles. The van der Waals surface area contributed by atoms with E-state index >= 15 is 0 Å². The predicted octanol–water partition coefficient (Wildman–Crippen LogP) is 4.91. The topological polar surface area (TPSA) is 121 Å². The van der Waals surface area contributed by atoms with Crippen LogP contribution in [0.25, 0.3) is 22.4 Å². The van der Waals surface area contributed by atoms with Gasteiger partial charge in [0.2, 0.25) is 0 Å². The van der Waals surface area contributed by atoms with Gasteiger partial charge in [-0.1, -0.05) is 43.4 Å². The molecule has 11 nitrogen and oxygen atoms in total. The second-order valence-corrected chi connectivity index (χ2v) is 22.8. The van der Waals surface area contributed by atoms with Gasteiger partial charge in [-0.25, -0.2) is 9.35 Å². The highest BCUT2D eigenvalue weighted by atomic mass is 35.5. The number of aliphatic hydroxyl groups is 1. The number of rotatable bonds is 11. The smallest absolute Gasteiger partial charge is 0.301 e. The van der Waals surface area contributed by atoms with Crippen molar-refractivity contribution in [2.45, 2.75) is 69.7 Å². The zero-order chi connectivity index (χ0) is 32.6. The van der Waals surface area contributed by atoms with Crippen molar-refractivity contribution in [2.24, 2.45) is 10.3 Å². The molecule has 14 heteroatoms. The lowest BCUT2D eigenvalue weighted by Crippen LogP contribution is -2.35. The number of aliphatic hydroxyl groups excluding tert-OH is 1. The molecular weight excluding hydrogens is 646 g/mol. The van der Waals surface area contributed by atoms with Crippen LogP contribution in [-0.2, 0) is 30.7 Å². The maximum atomic E-state index is 12.0. The SMILES string of the molecule is C[Si](C)(C)CCOCn1c(O[C@@H]2CO[C@H]3[C@@H]2OC[C@H]3O)nc2cc(Cl)c(-c3ccc(N4CCC(CN=S(C)(C)=O)CC4)cc3)nc21. The van der Waals surface area contributed by atoms with Gasteiger partial charge in [0.25, 0.3) is 0 Å². The van der Waals surface area contributed by atoms with Crippen LogP contribution in [0.3, 0.4) is 0 Å². The Morgan fingerprint density at radius 2 is 1.80 bits per heavy atom. The fraction of sp³-hybridized carbons (Fsp3) is 0.625. The molecule has 1 aromatic carbocycles. The predicted molar refractivity (Wildman–Crippen MR) is 184 cm³/mol. The summed E-state index contributed by atoms with van der Waals surface area (Å²) in [6, 6.07) is 11.6. The van der Waals surface area contributed by atoms with E-state index in [0.29, 0.717) is 53.6 Å². The van der Waals surface area contributed by atoms with E-state index in [1.165, 1.54) is 0 Å². The highest BCUT2D eigenvalue weighted by Gasteiger charge is 2.49. The summed E-state index contributed by atoms with van der Waals surface area (Å²) in [5.41, 5.74) is 3.93. The van der Waals surface area contributed by atoms with E-state index in [0.717, 1.165) is 43.2 Å². The number of halogens is 1. The van der Waals surface area contributed by atoms with Crippen LogP contribution in [0.5, 0.6) is 6.01 Å². The average Bonchev–Trinajstić information content (AvgIpc) is 3.68. The number of pyridine rings is 1. The van der Waals surface area contributed by atoms with E-state index in [2.05, 4.69) is 53.2 Å². The second kappa shape index (κ2) is 13.7. The highest BCUT2D eigenvalue weighted by molar-refractivity contribution is 7.92. The lowest BCUT2D eigenvalue weighted by Gasteiger charge is -2.33. The molecule has 0 spiro atoms.